The maximum absolute atomic E-state index is 12.3. The predicted octanol–water partition coefficient (Wildman–Crippen LogP) is 1.84. The first kappa shape index (κ1) is 14.4. The molecule has 1 amide bonds. The summed E-state index contributed by atoms with van der Waals surface area (Å²) in [4.78, 5) is 14.8. The normalized spacial score (nSPS) is 25.2. The zero-order valence-corrected chi connectivity index (χ0v) is 12.7. The third kappa shape index (κ3) is 3.21. The molecule has 0 aliphatic carbocycles. The number of rotatable bonds is 4. The largest absolute Gasteiger partial charge is 0.492 e. The number of fused-ring (bicyclic) bond motifs is 1. The van der Waals surface area contributed by atoms with Gasteiger partial charge in [0.05, 0.1) is 5.92 Å². The van der Waals surface area contributed by atoms with Gasteiger partial charge in [-0.1, -0.05) is 25.1 Å². The Morgan fingerprint density at radius 3 is 3.14 bits per heavy atom. The number of carbonyl (C=O) groups excluding carboxylic acids is 1. The van der Waals surface area contributed by atoms with Crippen molar-refractivity contribution in [3.05, 3.63) is 29.8 Å². The second kappa shape index (κ2) is 6.48. The minimum atomic E-state index is -0.0589. The molecular weight excluding hydrogens is 264 g/mol. The summed E-state index contributed by atoms with van der Waals surface area (Å²) in [6.45, 7) is 5.68. The molecule has 0 radical (unpaired) electrons. The molecule has 2 unspecified atom stereocenters. The third-order valence-corrected chi connectivity index (χ3v) is 4.67. The van der Waals surface area contributed by atoms with Crippen molar-refractivity contribution in [3.63, 3.8) is 0 Å². The molecule has 21 heavy (non-hydrogen) atoms. The first-order valence-corrected chi connectivity index (χ1v) is 8.00. The van der Waals surface area contributed by atoms with Crippen molar-refractivity contribution in [1.82, 2.24) is 10.2 Å². The van der Waals surface area contributed by atoms with E-state index in [1.807, 2.05) is 24.3 Å². The van der Waals surface area contributed by atoms with Crippen LogP contribution in [0.5, 0.6) is 5.75 Å². The number of likely N-dealkylation sites (tertiary alicyclic amines) is 1. The van der Waals surface area contributed by atoms with Gasteiger partial charge in [-0.05, 0) is 44.0 Å². The van der Waals surface area contributed by atoms with E-state index in [0.717, 1.165) is 37.4 Å². The standard InChI is InChI=1S/C17H24N2O2/c1-2-19-9-5-7-15(19)11-18-17(20)14-10-13-6-3-4-8-16(13)21-12-14/h3-4,6,8,14-15H,2,5,7,9-12H2,1H3,(H,18,20). The number of carbonyl (C=O) groups is 1. The summed E-state index contributed by atoms with van der Waals surface area (Å²) in [5.74, 6) is 0.998. The number of benzene rings is 1. The lowest BCUT2D eigenvalue weighted by Gasteiger charge is -2.27. The highest BCUT2D eigenvalue weighted by Gasteiger charge is 2.28. The predicted molar refractivity (Wildman–Crippen MR) is 82.4 cm³/mol. The molecule has 1 aromatic rings. The van der Waals surface area contributed by atoms with E-state index in [1.165, 1.54) is 12.8 Å². The van der Waals surface area contributed by atoms with Gasteiger partial charge in [0, 0.05) is 12.6 Å². The van der Waals surface area contributed by atoms with Crippen molar-refractivity contribution in [2.45, 2.75) is 32.2 Å². The first-order chi connectivity index (χ1) is 10.3. The Balaban J connectivity index is 1.52. The molecule has 4 heteroatoms. The number of nitrogens with one attached hydrogen (secondary N) is 1. The SMILES string of the molecule is CCN1CCCC1CNC(=O)C1COc2ccccc2C1. The van der Waals surface area contributed by atoms with Crippen molar-refractivity contribution in [1.29, 1.82) is 0 Å². The van der Waals surface area contributed by atoms with Gasteiger partial charge in [0.15, 0.2) is 0 Å². The Morgan fingerprint density at radius 2 is 2.29 bits per heavy atom. The van der Waals surface area contributed by atoms with Gasteiger partial charge in [-0.15, -0.1) is 0 Å². The van der Waals surface area contributed by atoms with Gasteiger partial charge >= 0.3 is 0 Å². The van der Waals surface area contributed by atoms with E-state index in [2.05, 4.69) is 17.1 Å². The summed E-state index contributed by atoms with van der Waals surface area (Å²) in [5, 5.41) is 3.13. The maximum atomic E-state index is 12.3. The summed E-state index contributed by atoms with van der Waals surface area (Å²) >= 11 is 0. The summed E-state index contributed by atoms with van der Waals surface area (Å²) in [7, 11) is 0. The van der Waals surface area contributed by atoms with Crippen molar-refractivity contribution >= 4 is 5.91 Å². The number of amides is 1. The number of para-hydroxylation sites is 1. The van der Waals surface area contributed by atoms with Crippen molar-refractivity contribution in [3.8, 4) is 5.75 Å². The van der Waals surface area contributed by atoms with Crippen LogP contribution < -0.4 is 10.1 Å². The summed E-state index contributed by atoms with van der Waals surface area (Å²) in [6.07, 6.45) is 3.22. The molecule has 0 aromatic heterocycles. The fourth-order valence-corrected chi connectivity index (χ4v) is 3.40. The van der Waals surface area contributed by atoms with E-state index in [4.69, 9.17) is 4.74 Å². The van der Waals surface area contributed by atoms with Crippen LogP contribution in [0.15, 0.2) is 24.3 Å². The second-order valence-corrected chi connectivity index (χ2v) is 5.99. The molecule has 114 valence electrons. The Labute approximate surface area is 126 Å². The number of likely N-dealkylation sites (N-methyl/N-ethyl adjacent to an activating group) is 1. The molecule has 1 saturated heterocycles. The molecule has 1 fully saturated rings. The van der Waals surface area contributed by atoms with Gasteiger partial charge in [-0.3, -0.25) is 9.69 Å². The van der Waals surface area contributed by atoms with Crippen LogP contribution in [-0.2, 0) is 11.2 Å². The van der Waals surface area contributed by atoms with Crippen LogP contribution in [0.3, 0.4) is 0 Å². The van der Waals surface area contributed by atoms with Crippen molar-refractivity contribution < 1.29 is 9.53 Å². The highest BCUT2D eigenvalue weighted by molar-refractivity contribution is 5.79. The summed E-state index contributed by atoms with van der Waals surface area (Å²) < 4.78 is 5.70. The van der Waals surface area contributed by atoms with Crippen LogP contribution in [-0.4, -0.2) is 43.1 Å². The highest BCUT2D eigenvalue weighted by atomic mass is 16.5. The lowest BCUT2D eigenvalue weighted by Crippen LogP contribution is -2.44. The van der Waals surface area contributed by atoms with Crippen LogP contribution in [0, 0.1) is 5.92 Å². The molecule has 0 bridgehead atoms. The van der Waals surface area contributed by atoms with Crippen LogP contribution >= 0.6 is 0 Å². The monoisotopic (exact) mass is 288 g/mol. The quantitative estimate of drug-likeness (QED) is 0.919. The molecule has 2 aliphatic heterocycles. The molecular formula is C17H24N2O2. The van der Waals surface area contributed by atoms with Crippen molar-refractivity contribution in [2.75, 3.05) is 26.2 Å². The summed E-state index contributed by atoms with van der Waals surface area (Å²) in [5.41, 5.74) is 1.14. The van der Waals surface area contributed by atoms with Gasteiger partial charge in [0.2, 0.25) is 5.91 Å². The van der Waals surface area contributed by atoms with Crippen molar-refractivity contribution in [2.24, 2.45) is 5.92 Å². The third-order valence-electron chi connectivity index (χ3n) is 4.67. The molecule has 0 spiro atoms. The van der Waals surface area contributed by atoms with E-state index in [0.29, 0.717) is 12.6 Å². The zero-order chi connectivity index (χ0) is 14.7. The fourth-order valence-electron chi connectivity index (χ4n) is 3.40. The number of ether oxygens (including phenoxy) is 1. The Hall–Kier alpha value is -1.55. The average Bonchev–Trinajstić information content (AvgIpc) is 2.99. The zero-order valence-electron chi connectivity index (χ0n) is 12.7. The number of hydrogen-bond acceptors (Lipinski definition) is 3. The molecule has 4 nitrogen and oxygen atoms in total. The molecule has 2 heterocycles. The van der Waals surface area contributed by atoms with Gasteiger partial charge in [-0.2, -0.15) is 0 Å². The van der Waals surface area contributed by atoms with Crippen LogP contribution in [0.25, 0.3) is 0 Å². The molecule has 2 atom stereocenters. The number of nitrogens with zero attached hydrogens (tertiary/aromatic N) is 1. The average molecular weight is 288 g/mol. The first-order valence-electron chi connectivity index (χ1n) is 8.00. The molecule has 1 N–H and O–H groups in total. The van der Waals surface area contributed by atoms with E-state index in [-0.39, 0.29) is 11.8 Å². The van der Waals surface area contributed by atoms with E-state index < -0.39 is 0 Å². The lowest BCUT2D eigenvalue weighted by atomic mass is 9.96. The summed E-state index contributed by atoms with van der Waals surface area (Å²) in [6, 6.07) is 8.50. The van der Waals surface area contributed by atoms with Gasteiger partial charge in [0.25, 0.3) is 0 Å². The highest BCUT2D eigenvalue weighted by Crippen LogP contribution is 2.26. The Bertz CT molecular complexity index is 503. The smallest absolute Gasteiger partial charge is 0.226 e. The van der Waals surface area contributed by atoms with Crippen LogP contribution in [0.4, 0.5) is 0 Å². The van der Waals surface area contributed by atoms with Gasteiger partial charge in [-0.25, -0.2) is 0 Å². The maximum Gasteiger partial charge on any atom is 0.226 e. The van der Waals surface area contributed by atoms with Crippen LogP contribution in [0.2, 0.25) is 0 Å². The van der Waals surface area contributed by atoms with Crippen LogP contribution in [0.1, 0.15) is 25.3 Å². The van der Waals surface area contributed by atoms with E-state index >= 15 is 0 Å². The van der Waals surface area contributed by atoms with Gasteiger partial charge < -0.3 is 10.1 Å². The van der Waals surface area contributed by atoms with Gasteiger partial charge in [0.1, 0.15) is 12.4 Å². The Kier molecular flexibility index (Phi) is 4.44. The topological polar surface area (TPSA) is 41.6 Å². The Morgan fingerprint density at radius 1 is 1.43 bits per heavy atom. The lowest BCUT2D eigenvalue weighted by molar-refractivity contribution is -0.126. The number of hydrogen-bond donors (Lipinski definition) is 1. The fraction of sp³-hybridized carbons (Fsp3) is 0.588. The molecule has 3 rings (SSSR count). The van der Waals surface area contributed by atoms with E-state index in [1.54, 1.807) is 0 Å². The molecule has 0 saturated carbocycles. The molecule has 2 aliphatic rings. The second-order valence-electron chi connectivity index (χ2n) is 5.99. The minimum Gasteiger partial charge on any atom is -0.492 e. The van der Waals surface area contributed by atoms with E-state index in [9.17, 15) is 4.79 Å². The molecule has 1 aromatic carbocycles. The minimum absolute atomic E-state index is 0.0589.